The second kappa shape index (κ2) is 5.43. The molecular formula is C15H12ClNO3. The van der Waals surface area contributed by atoms with Crippen molar-refractivity contribution in [3.05, 3.63) is 53.1 Å². The van der Waals surface area contributed by atoms with E-state index in [1.165, 1.54) is 0 Å². The highest BCUT2D eigenvalue weighted by atomic mass is 35.5. The molecule has 2 aromatic carbocycles. The lowest BCUT2D eigenvalue weighted by atomic mass is 10.2. The van der Waals surface area contributed by atoms with Crippen molar-refractivity contribution < 1.29 is 14.3 Å². The van der Waals surface area contributed by atoms with Crippen molar-refractivity contribution in [2.75, 3.05) is 11.9 Å². The van der Waals surface area contributed by atoms with Gasteiger partial charge in [-0.25, -0.2) is 0 Å². The Kier molecular flexibility index (Phi) is 3.48. The highest BCUT2D eigenvalue weighted by Crippen LogP contribution is 2.31. The second-order valence-electron chi connectivity index (χ2n) is 4.41. The molecule has 102 valence electrons. The van der Waals surface area contributed by atoms with E-state index < -0.39 is 0 Å². The van der Waals surface area contributed by atoms with Gasteiger partial charge in [-0.15, -0.1) is 0 Å². The molecule has 0 aromatic heterocycles. The number of anilines is 1. The number of halogens is 1. The number of hydrogen-bond donors (Lipinski definition) is 1. The lowest BCUT2D eigenvalue weighted by Crippen LogP contribution is -2.25. The van der Waals surface area contributed by atoms with E-state index in [0.717, 1.165) is 5.56 Å². The first-order valence-electron chi connectivity index (χ1n) is 6.15. The smallest absolute Gasteiger partial charge is 0.262 e. The van der Waals surface area contributed by atoms with Crippen LogP contribution in [0, 0.1) is 0 Å². The van der Waals surface area contributed by atoms with Gasteiger partial charge in [0.2, 0.25) is 0 Å². The molecule has 0 unspecified atom stereocenters. The Balaban J connectivity index is 1.72. The Hall–Kier alpha value is -2.20. The van der Waals surface area contributed by atoms with Crippen molar-refractivity contribution in [1.82, 2.24) is 0 Å². The molecule has 5 heteroatoms. The minimum atomic E-state index is -0.163. The average Bonchev–Trinajstić information content (AvgIpc) is 2.45. The number of carbonyl (C=O) groups is 1. The molecule has 0 radical (unpaired) electrons. The predicted octanol–water partition coefficient (Wildman–Crippen LogP) is 3.25. The fraction of sp³-hybridized carbons (Fsp3) is 0.133. The highest BCUT2D eigenvalue weighted by molar-refractivity contribution is 6.30. The molecule has 1 aliphatic heterocycles. The first-order chi connectivity index (χ1) is 9.70. The Bertz CT molecular complexity index is 657. The van der Waals surface area contributed by atoms with Crippen LogP contribution in [-0.4, -0.2) is 12.5 Å². The molecule has 0 fully saturated rings. The third-order valence-corrected chi connectivity index (χ3v) is 3.11. The molecule has 0 bridgehead atoms. The first-order valence-corrected chi connectivity index (χ1v) is 6.52. The third kappa shape index (κ3) is 2.86. The zero-order valence-electron chi connectivity index (χ0n) is 10.6. The Morgan fingerprint density at radius 3 is 3.00 bits per heavy atom. The van der Waals surface area contributed by atoms with E-state index in [4.69, 9.17) is 21.1 Å². The normalized spacial score (nSPS) is 13.2. The summed E-state index contributed by atoms with van der Waals surface area (Å²) in [6.45, 7) is 0.462. The van der Waals surface area contributed by atoms with Crippen LogP contribution in [0.4, 0.5) is 5.69 Å². The van der Waals surface area contributed by atoms with Crippen molar-refractivity contribution in [3.8, 4) is 11.5 Å². The summed E-state index contributed by atoms with van der Waals surface area (Å²) in [5, 5.41) is 3.42. The quantitative estimate of drug-likeness (QED) is 0.943. The van der Waals surface area contributed by atoms with Crippen LogP contribution in [0.1, 0.15) is 5.56 Å². The molecule has 2 aromatic rings. The van der Waals surface area contributed by atoms with Crippen molar-refractivity contribution in [3.63, 3.8) is 0 Å². The molecule has 4 nitrogen and oxygen atoms in total. The first kappa shape index (κ1) is 12.8. The van der Waals surface area contributed by atoms with E-state index >= 15 is 0 Å². The van der Waals surface area contributed by atoms with Gasteiger partial charge in [0.25, 0.3) is 5.91 Å². The van der Waals surface area contributed by atoms with E-state index in [2.05, 4.69) is 5.32 Å². The van der Waals surface area contributed by atoms with Crippen LogP contribution in [-0.2, 0) is 11.4 Å². The van der Waals surface area contributed by atoms with Crippen LogP contribution >= 0.6 is 11.6 Å². The van der Waals surface area contributed by atoms with Gasteiger partial charge >= 0.3 is 0 Å². The van der Waals surface area contributed by atoms with E-state index in [0.29, 0.717) is 28.8 Å². The third-order valence-electron chi connectivity index (χ3n) is 2.88. The minimum absolute atomic E-state index is 0.0513. The van der Waals surface area contributed by atoms with Crippen LogP contribution in [0.25, 0.3) is 0 Å². The second-order valence-corrected chi connectivity index (χ2v) is 4.85. The molecule has 0 saturated carbocycles. The Morgan fingerprint density at radius 1 is 1.25 bits per heavy atom. The monoisotopic (exact) mass is 289 g/mol. The molecule has 1 aliphatic rings. The van der Waals surface area contributed by atoms with Crippen LogP contribution in [0.2, 0.25) is 5.02 Å². The summed E-state index contributed by atoms with van der Waals surface area (Å²) in [7, 11) is 0. The molecule has 0 spiro atoms. The number of carbonyl (C=O) groups excluding carboxylic acids is 1. The summed E-state index contributed by atoms with van der Waals surface area (Å²) in [4.78, 5) is 11.3. The van der Waals surface area contributed by atoms with Crippen LogP contribution in [0.5, 0.6) is 11.5 Å². The molecule has 1 N–H and O–H groups in total. The number of benzene rings is 2. The minimum Gasteiger partial charge on any atom is -0.489 e. The molecule has 20 heavy (non-hydrogen) atoms. The van der Waals surface area contributed by atoms with Crippen LogP contribution < -0.4 is 14.8 Å². The lowest BCUT2D eigenvalue weighted by Gasteiger charge is -2.18. The summed E-state index contributed by atoms with van der Waals surface area (Å²) in [5.74, 6) is 1.15. The van der Waals surface area contributed by atoms with E-state index in [-0.39, 0.29) is 12.5 Å². The SMILES string of the molecule is O=C1COc2ccc(OCc3cccc(Cl)c3)cc2N1. The van der Waals surface area contributed by atoms with Gasteiger partial charge < -0.3 is 14.8 Å². The van der Waals surface area contributed by atoms with Crippen LogP contribution in [0.3, 0.4) is 0 Å². The fourth-order valence-electron chi connectivity index (χ4n) is 1.95. The molecule has 1 heterocycles. The van der Waals surface area contributed by atoms with Gasteiger partial charge in [0.05, 0.1) is 5.69 Å². The van der Waals surface area contributed by atoms with Crippen molar-refractivity contribution >= 4 is 23.2 Å². The Labute approximate surface area is 121 Å². The standard InChI is InChI=1S/C15H12ClNO3/c16-11-3-1-2-10(6-11)8-19-12-4-5-14-13(7-12)17-15(18)9-20-14/h1-7H,8-9H2,(H,17,18). The van der Waals surface area contributed by atoms with E-state index in [9.17, 15) is 4.79 Å². The lowest BCUT2D eigenvalue weighted by molar-refractivity contribution is -0.118. The van der Waals surface area contributed by atoms with Crippen LogP contribution in [0.15, 0.2) is 42.5 Å². The molecule has 0 atom stereocenters. The molecule has 3 rings (SSSR count). The summed E-state index contributed by atoms with van der Waals surface area (Å²) in [6, 6.07) is 12.8. The number of fused-ring (bicyclic) bond motifs is 1. The summed E-state index contributed by atoms with van der Waals surface area (Å²) in [5.41, 5.74) is 1.61. The largest absolute Gasteiger partial charge is 0.489 e. The average molecular weight is 290 g/mol. The molecular weight excluding hydrogens is 278 g/mol. The summed E-state index contributed by atoms with van der Waals surface area (Å²) >= 11 is 5.92. The number of ether oxygens (including phenoxy) is 2. The van der Waals surface area contributed by atoms with Gasteiger partial charge in [-0.3, -0.25) is 4.79 Å². The van der Waals surface area contributed by atoms with Gasteiger partial charge in [-0.2, -0.15) is 0 Å². The predicted molar refractivity (Wildman–Crippen MR) is 76.4 cm³/mol. The Morgan fingerprint density at radius 2 is 2.15 bits per heavy atom. The van der Waals surface area contributed by atoms with Crippen molar-refractivity contribution in [1.29, 1.82) is 0 Å². The number of rotatable bonds is 3. The summed E-state index contributed by atoms with van der Waals surface area (Å²) < 4.78 is 11.0. The van der Waals surface area contributed by atoms with E-state index in [1.807, 2.05) is 24.3 Å². The summed E-state index contributed by atoms with van der Waals surface area (Å²) in [6.07, 6.45) is 0. The maximum absolute atomic E-state index is 11.3. The van der Waals surface area contributed by atoms with Gasteiger partial charge in [-0.1, -0.05) is 23.7 Å². The van der Waals surface area contributed by atoms with Crippen molar-refractivity contribution in [2.24, 2.45) is 0 Å². The molecule has 1 amide bonds. The van der Waals surface area contributed by atoms with Gasteiger partial charge in [0.1, 0.15) is 18.1 Å². The molecule has 0 saturated heterocycles. The van der Waals surface area contributed by atoms with Gasteiger partial charge in [-0.05, 0) is 29.8 Å². The topological polar surface area (TPSA) is 47.6 Å². The zero-order valence-corrected chi connectivity index (χ0v) is 11.3. The fourth-order valence-corrected chi connectivity index (χ4v) is 2.16. The number of hydrogen-bond acceptors (Lipinski definition) is 3. The van der Waals surface area contributed by atoms with Gasteiger partial charge in [0.15, 0.2) is 6.61 Å². The molecule has 0 aliphatic carbocycles. The maximum Gasteiger partial charge on any atom is 0.262 e. The van der Waals surface area contributed by atoms with Crippen molar-refractivity contribution in [2.45, 2.75) is 6.61 Å². The maximum atomic E-state index is 11.3. The highest BCUT2D eigenvalue weighted by Gasteiger charge is 2.16. The number of nitrogens with one attached hydrogen (secondary N) is 1. The van der Waals surface area contributed by atoms with Gasteiger partial charge in [0, 0.05) is 11.1 Å². The zero-order chi connectivity index (χ0) is 13.9. The number of amides is 1. The van der Waals surface area contributed by atoms with E-state index in [1.54, 1.807) is 18.2 Å².